The zero-order valence-corrected chi connectivity index (χ0v) is 13.6. The molecule has 2 aliphatic rings. The summed E-state index contributed by atoms with van der Waals surface area (Å²) in [6, 6.07) is 7.12. The van der Waals surface area contributed by atoms with Gasteiger partial charge in [0, 0.05) is 12.0 Å². The Bertz CT molecular complexity index is 496. The smallest absolute Gasteiger partial charge is 0.122 e. The van der Waals surface area contributed by atoms with Crippen LogP contribution < -0.4 is 10.1 Å². The van der Waals surface area contributed by atoms with Gasteiger partial charge in [0.2, 0.25) is 0 Å². The van der Waals surface area contributed by atoms with E-state index in [4.69, 9.17) is 4.74 Å². The summed E-state index contributed by atoms with van der Waals surface area (Å²) in [6.07, 6.45) is 4.88. The number of likely N-dealkylation sites (N-methyl/N-ethyl adjacent to an activating group) is 1. The number of nitrogens with one attached hydrogen (secondary N) is 1. The average Bonchev–Trinajstić information content (AvgIpc) is 3.18. The van der Waals surface area contributed by atoms with Gasteiger partial charge in [0.1, 0.15) is 5.75 Å². The van der Waals surface area contributed by atoms with Crippen molar-refractivity contribution in [3.8, 4) is 5.75 Å². The lowest BCUT2D eigenvalue weighted by atomic mass is 9.82. The lowest BCUT2D eigenvalue weighted by Gasteiger charge is -2.44. The first-order valence-electron chi connectivity index (χ1n) is 8.37. The van der Waals surface area contributed by atoms with Crippen LogP contribution in [0.5, 0.6) is 5.75 Å². The molecular formula is C18H28N2O. The molecule has 0 bridgehead atoms. The van der Waals surface area contributed by atoms with Crippen LogP contribution in [0.2, 0.25) is 0 Å². The van der Waals surface area contributed by atoms with Crippen LogP contribution in [0.15, 0.2) is 18.2 Å². The van der Waals surface area contributed by atoms with Crippen molar-refractivity contribution in [3.63, 3.8) is 0 Å². The van der Waals surface area contributed by atoms with E-state index >= 15 is 0 Å². The minimum absolute atomic E-state index is 0.180. The van der Waals surface area contributed by atoms with Crippen molar-refractivity contribution in [1.29, 1.82) is 0 Å². The third-order valence-corrected chi connectivity index (χ3v) is 5.50. The molecule has 1 saturated heterocycles. The zero-order chi connectivity index (χ0) is 14.9. The Kier molecular flexibility index (Phi) is 4.23. The fourth-order valence-corrected chi connectivity index (χ4v) is 4.06. The van der Waals surface area contributed by atoms with Crippen LogP contribution in [-0.2, 0) is 6.42 Å². The minimum Gasteiger partial charge on any atom is -0.493 e. The van der Waals surface area contributed by atoms with E-state index in [1.54, 1.807) is 0 Å². The van der Waals surface area contributed by atoms with Gasteiger partial charge < -0.3 is 10.1 Å². The number of hydrogen-bond donors (Lipinski definition) is 1. The van der Waals surface area contributed by atoms with Gasteiger partial charge in [-0.3, -0.25) is 4.90 Å². The Morgan fingerprint density at radius 2 is 2.10 bits per heavy atom. The predicted molar refractivity (Wildman–Crippen MR) is 86.9 cm³/mol. The summed E-state index contributed by atoms with van der Waals surface area (Å²) in [5.41, 5.74) is 2.95. The number of fused-ring (bicyclic) bond motifs is 1. The number of likely N-dealkylation sites (tertiary alicyclic amines) is 1. The molecule has 3 nitrogen and oxygen atoms in total. The molecule has 2 atom stereocenters. The molecule has 3 heteroatoms. The molecule has 0 aliphatic carbocycles. The van der Waals surface area contributed by atoms with E-state index in [0.29, 0.717) is 6.04 Å². The highest BCUT2D eigenvalue weighted by Crippen LogP contribution is 2.38. The first-order valence-corrected chi connectivity index (χ1v) is 8.37. The first-order chi connectivity index (χ1) is 10.2. The molecule has 21 heavy (non-hydrogen) atoms. The van der Waals surface area contributed by atoms with Gasteiger partial charge in [-0.1, -0.05) is 19.1 Å². The number of nitrogens with zero attached hydrogens (tertiary/aromatic N) is 1. The van der Waals surface area contributed by atoms with Crippen molar-refractivity contribution < 1.29 is 4.74 Å². The van der Waals surface area contributed by atoms with Crippen molar-refractivity contribution >= 4 is 0 Å². The number of rotatable bonds is 5. The van der Waals surface area contributed by atoms with Gasteiger partial charge in [0.15, 0.2) is 0 Å². The van der Waals surface area contributed by atoms with Crippen LogP contribution in [0.25, 0.3) is 0 Å². The quantitative estimate of drug-likeness (QED) is 0.901. The van der Waals surface area contributed by atoms with Crippen LogP contribution in [-0.4, -0.2) is 37.2 Å². The van der Waals surface area contributed by atoms with Crippen molar-refractivity contribution in [2.24, 2.45) is 0 Å². The number of hydrogen-bond acceptors (Lipinski definition) is 3. The Labute approximate surface area is 128 Å². The summed E-state index contributed by atoms with van der Waals surface area (Å²) >= 11 is 0. The van der Waals surface area contributed by atoms with Gasteiger partial charge in [-0.15, -0.1) is 0 Å². The fraction of sp³-hybridized carbons (Fsp3) is 0.667. The molecule has 1 aromatic rings. The summed E-state index contributed by atoms with van der Waals surface area (Å²) in [4.78, 5) is 2.68. The largest absolute Gasteiger partial charge is 0.493 e. The molecule has 116 valence electrons. The summed E-state index contributed by atoms with van der Waals surface area (Å²) in [5, 5.41) is 3.60. The van der Waals surface area contributed by atoms with Crippen LogP contribution in [0.4, 0.5) is 0 Å². The van der Waals surface area contributed by atoms with Gasteiger partial charge >= 0.3 is 0 Å². The molecule has 0 aromatic heterocycles. The average molecular weight is 288 g/mol. The zero-order valence-electron chi connectivity index (χ0n) is 13.6. The van der Waals surface area contributed by atoms with Crippen molar-refractivity contribution in [3.05, 3.63) is 29.3 Å². The van der Waals surface area contributed by atoms with E-state index in [0.717, 1.165) is 25.2 Å². The Morgan fingerprint density at radius 1 is 1.33 bits per heavy atom. The van der Waals surface area contributed by atoms with E-state index in [1.807, 2.05) is 0 Å². The molecular weight excluding hydrogens is 260 g/mol. The SMILES string of the molecule is CCC(C)(C(NC)c1ccc2c(c1)CCO2)N1CCCC1. The minimum atomic E-state index is 0.180. The predicted octanol–water partition coefficient (Wildman–Crippen LogP) is 3.15. The third-order valence-electron chi connectivity index (χ3n) is 5.50. The normalized spacial score (nSPS) is 22.6. The second-order valence-corrected chi connectivity index (χ2v) is 6.59. The third kappa shape index (κ3) is 2.58. The molecule has 1 fully saturated rings. The topological polar surface area (TPSA) is 24.5 Å². The Balaban J connectivity index is 1.92. The molecule has 0 amide bonds. The second-order valence-electron chi connectivity index (χ2n) is 6.59. The fourth-order valence-electron chi connectivity index (χ4n) is 4.06. The van der Waals surface area contributed by atoms with Crippen molar-refractivity contribution in [1.82, 2.24) is 10.2 Å². The van der Waals surface area contributed by atoms with Gasteiger partial charge in [0.25, 0.3) is 0 Å². The van der Waals surface area contributed by atoms with Gasteiger partial charge in [0.05, 0.1) is 12.6 Å². The highest BCUT2D eigenvalue weighted by atomic mass is 16.5. The maximum absolute atomic E-state index is 5.65. The number of benzene rings is 1. The molecule has 2 aliphatic heterocycles. The Hall–Kier alpha value is -1.06. The van der Waals surface area contributed by atoms with E-state index < -0.39 is 0 Å². The maximum atomic E-state index is 5.65. The maximum Gasteiger partial charge on any atom is 0.122 e. The highest BCUT2D eigenvalue weighted by molar-refractivity contribution is 5.41. The molecule has 2 heterocycles. The van der Waals surface area contributed by atoms with Crippen molar-refractivity contribution in [2.45, 2.75) is 51.1 Å². The van der Waals surface area contributed by atoms with Gasteiger partial charge in [-0.2, -0.15) is 0 Å². The molecule has 2 unspecified atom stereocenters. The standard InChI is InChI=1S/C18H28N2O/c1-4-18(2,20-10-5-6-11-20)17(19-3)15-7-8-16-14(13-15)9-12-21-16/h7-8,13,17,19H,4-6,9-12H2,1-3H3. The molecule has 3 rings (SSSR count). The highest BCUT2D eigenvalue weighted by Gasteiger charge is 2.39. The number of ether oxygens (including phenoxy) is 1. The van der Waals surface area contributed by atoms with Crippen LogP contribution in [0.3, 0.4) is 0 Å². The monoisotopic (exact) mass is 288 g/mol. The van der Waals surface area contributed by atoms with Crippen LogP contribution >= 0.6 is 0 Å². The molecule has 1 N–H and O–H groups in total. The van der Waals surface area contributed by atoms with Gasteiger partial charge in [-0.25, -0.2) is 0 Å². The van der Waals surface area contributed by atoms with E-state index in [-0.39, 0.29) is 5.54 Å². The lowest BCUT2D eigenvalue weighted by Crippen LogP contribution is -2.52. The van der Waals surface area contributed by atoms with E-state index in [1.165, 1.54) is 37.1 Å². The van der Waals surface area contributed by atoms with E-state index in [2.05, 4.69) is 49.3 Å². The Morgan fingerprint density at radius 3 is 2.76 bits per heavy atom. The summed E-state index contributed by atoms with van der Waals surface area (Å²) in [6.45, 7) is 8.04. The van der Waals surface area contributed by atoms with Gasteiger partial charge in [-0.05, 0) is 63.5 Å². The molecule has 1 aromatic carbocycles. The second kappa shape index (κ2) is 5.98. The summed E-state index contributed by atoms with van der Waals surface area (Å²) in [5.74, 6) is 1.08. The van der Waals surface area contributed by atoms with Crippen LogP contribution in [0, 0.1) is 0 Å². The molecule has 0 saturated carbocycles. The molecule has 0 spiro atoms. The summed E-state index contributed by atoms with van der Waals surface area (Å²) in [7, 11) is 2.10. The van der Waals surface area contributed by atoms with E-state index in [9.17, 15) is 0 Å². The summed E-state index contributed by atoms with van der Waals surface area (Å²) < 4.78 is 5.65. The van der Waals surface area contributed by atoms with Crippen LogP contribution in [0.1, 0.15) is 50.3 Å². The lowest BCUT2D eigenvalue weighted by molar-refractivity contribution is 0.0873. The first kappa shape index (κ1) is 14.9. The molecule has 0 radical (unpaired) electrons. The van der Waals surface area contributed by atoms with Crippen molar-refractivity contribution in [2.75, 3.05) is 26.7 Å².